The molecule has 0 bridgehead atoms. The lowest BCUT2D eigenvalue weighted by Crippen LogP contribution is -2.37. The van der Waals surface area contributed by atoms with Crippen molar-refractivity contribution in [2.75, 3.05) is 45.4 Å². The van der Waals surface area contributed by atoms with Gasteiger partial charge in [-0.05, 0) is 24.6 Å². The Bertz CT molecular complexity index is 927. The summed E-state index contributed by atoms with van der Waals surface area (Å²) in [5.74, 6) is 1.63. The van der Waals surface area contributed by atoms with E-state index >= 15 is 0 Å². The first-order chi connectivity index (χ1) is 13.5. The average molecular weight is 407 g/mol. The Kier molecular flexibility index (Phi) is 6.38. The summed E-state index contributed by atoms with van der Waals surface area (Å²) < 4.78 is 44.4. The van der Waals surface area contributed by atoms with Crippen LogP contribution in [0.2, 0.25) is 0 Å². The normalized spacial score (nSPS) is 14.8. The fraction of sp³-hybridized carbons (Fsp3) is 0.421. The molecule has 3 rings (SSSR count). The van der Waals surface area contributed by atoms with Crippen LogP contribution >= 0.6 is 0 Å². The summed E-state index contributed by atoms with van der Waals surface area (Å²) in [5, 5.41) is 0. The molecular weight excluding hydrogens is 382 g/mol. The molecule has 9 heteroatoms. The van der Waals surface area contributed by atoms with Crippen LogP contribution < -0.4 is 19.1 Å². The number of anilines is 1. The fourth-order valence-electron chi connectivity index (χ4n) is 3.13. The zero-order valence-corrected chi connectivity index (χ0v) is 17.1. The van der Waals surface area contributed by atoms with E-state index in [0.29, 0.717) is 30.3 Å². The molecule has 0 atom stereocenters. The van der Waals surface area contributed by atoms with Crippen molar-refractivity contribution >= 4 is 15.8 Å². The van der Waals surface area contributed by atoms with Crippen LogP contribution in [-0.4, -0.2) is 53.9 Å². The van der Waals surface area contributed by atoms with E-state index in [4.69, 9.17) is 14.2 Å². The third kappa shape index (κ3) is 4.37. The van der Waals surface area contributed by atoms with Gasteiger partial charge in [-0.2, -0.15) is 0 Å². The van der Waals surface area contributed by atoms with Gasteiger partial charge in [-0.15, -0.1) is 0 Å². The van der Waals surface area contributed by atoms with E-state index < -0.39 is 10.0 Å². The topological polar surface area (TPSA) is 90.0 Å². The van der Waals surface area contributed by atoms with E-state index in [1.165, 1.54) is 20.3 Å². The summed E-state index contributed by atoms with van der Waals surface area (Å²) in [6.45, 7) is 4.58. The number of aromatic nitrogens is 1. The number of benzene rings is 1. The molecule has 8 nitrogen and oxygen atoms in total. The highest BCUT2D eigenvalue weighted by molar-refractivity contribution is 7.89. The predicted molar refractivity (Wildman–Crippen MR) is 106 cm³/mol. The van der Waals surface area contributed by atoms with Gasteiger partial charge >= 0.3 is 0 Å². The molecule has 1 aromatic heterocycles. The van der Waals surface area contributed by atoms with E-state index in [9.17, 15) is 8.42 Å². The van der Waals surface area contributed by atoms with E-state index in [0.717, 1.165) is 24.5 Å². The second kappa shape index (κ2) is 8.76. The van der Waals surface area contributed by atoms with Crippen LogP contribution in [0.1, 0.15) is 11.1 Å². The monoisotopic (exact) mass is 407 g/mol. The van der Waals surface area contributed by atoms with Crippen molar-refractivity contribution < 1.29 is 22.6 Å². The SMILES string of the molecule is COc1cc(C)c(S(=O)(=O)NCc2cccnc2N2CCOCC2)cc1OC. The molecule has 1 aliphatic rings. The van der Waals surface area contributed by atoms with Gasteiger partial charge in [-0.25, -0.2) is 18.1 Å². The van der Waals surface area contributed by atoms with Crippen LogP contribution in [0.25, 0.3) is 0 Å². The molecule has 152 valence electrons. The Labute approximate surface area is 165 Å². The molecule has 2 heterocycles. The molecule has 1 N–H and O–H groups in total. The van der Waals surface area contributed by atoms with Crippen molar-refractivity contribution in [2.45, 2.75) is 18.4 Å². The summed E-state index contributed by atoms with van der Waals surface area (Å²) in [6, 6.07) is 6.80. The number of aryl methyl sites for hydroxylation is 1. The smallest absolute Gasteiger partial charge is 0.241 e. The van der Waals surface area contributed by atoms with Crippen molar-refractivity contribution in [1.29, 1.82) is 0 Å². The Morgan fingerprint density at radius 2 is 1.86 bits per heavy atom. The molecule has 1 aromatic carbocycles. The number of hydrogen-bond donors (Lipinski definition) is 1. The number of pyridine rings is 1. The van der Waals surface area contributed by atoms with Gasteiger partial charge in [0.15, 0.2) is 11.5 Å². The Balaban J connectivity index is 1.83. The minimum atomic E-state index is -3.75. The molecule has 0 saturated carbocycles. The fourth-order valence-corrected chi connectivity index (χ4v) is 4.38. The maximum atomic E-state index is 12.9. The number of morpholine rings is 1. The van der Waals surface area contributed by atoms with E-state index in [2.05, 4.69) is 14.6 Å². The number of hydrogen-bond acceptors (Lipinski definition) is 7. The van der Waals surface area contributed by atoms with Crippen LogP contribution in [0.15, 0.2) is 35.4 Å². The molecule has 0 spiro atoms. The Hall–Kier alpha value is -2.36. The average Bonchev–Trinajstić information content (AvgIpc) is 2.72. The summed E-state index contributed by atoms with van der Waals surface area (Å²) in [7, 11) is -0.764. The van der Waals surface area contributed by atoms with Gasteiger partial charge in [-0.3, -0.25) is 0 Å². The number of nitrogens with one attached hydrogen (secondary N) is 1. The number of ether oxygens (including phenoxy) is 3. The van der Waals surface area contributed by atoms with Gasteiger partial charge in [0.1, 0.15) is 5.82 Å². The van der Waals surface area contributed by atoms with Gasteiger partial charge in [0.05, 0.1) is 32.3 Å². The van der Waals surface area contributed by atoms with Crippen LogP contribution in [-0.2, 0) is 21.3 Å². The first-order valence-electron chi connectivity index (χ1n) is 8.95. The number of sulfonamides is 1. The van der Waals surface area contributed by atoms with Crippen molar-refractivity contribution in [3.63, 3.8) is 0 Å². The molecule has 28 heavy (non-hydrogen) atoms. The molecule has 0 unspecified atom stereocenters. The second-order valence-corrected chi connectivity index (χ2v) is 8.12. The van der Waals surface area contributed by atoms with Crippen LogP contribution in [0.4, 0.5) is 5.82 Å². The lowest BCUT2D eigenvalue weighted by molar-refractivity contribution is 0.122. The lowest BCUT2D eigenvalue weighted by atomic mass is 10.2. The van der Waals surface area contributed by atoms with Gasteiger partial charge in [0.2, 0.25) is 10.0 Å². The van der Waals surface area contributed by atoms with E-state index in [-0.39, 0.29) is 11.4 Å². The maximum absolute atomic E-state index is 12.9. The molecular formula is C19H25N3O5S. The van der Waals surface area contributed by atoms with Gasteiger partial charge < -0.3 is 19.1 Å². The first-order valence-corrected chi connectivity index (χ1v) is 10.4. The number of rotatable bonds is 7. The van der Waals surface area contributed by atoms with E-state index in [1.54, 1.807) is 25.3 Å². The zero-order chi connectivity index (χ0) is 20.1. The summed E-state index contributed by atoms with van der Waals surface area (Å²) in [6.07, 6.45) is 1.71. The van der Waals surface area contributed by atoms with Crippen molar-refractivity contribution in [3.05, 3.63) is 41.6 Å². The molecule has 2 aromatic rings. The second-order valence-electron chi connectivity index (χ2n) is 6.38. The van der Waals surface area contributed by atoms with Gasteiger partial charge in [0.25, 0.3) is 0 Å². The Morgan fingerprint density at radius 1 is 1.18 bits per heavy atom. The minimum Gasteiger partial charge on any atom is -0.493 e. The molecule has 1 saturated heterocycles. The van der Waals surface area contributed by atoms with Crippen LogP contribution in [0.3, 0.4) is 0 Å². The molecule has 1 aliphatic heterocycles. The van der Waals surface area contributed by atoms with Crippen molar-refractivity contribution in [1.82, 2.24) is 9.71 Å². The van der Waals surface area contributed by atoms with Crippen molar-refractivity contribution in [2.24, 2.45) is 0 Å². The third-order valence-electron chi connectivity index (χ3n) is 4.60. The molecule has 0 radical (unpaired) electrons. The number of methoxy groups -OCH3 is 2. The third-order valence-corrected chi connectivity index (χ3v) is 6.14. The van der Waals surface area contributed by atoms with Crippen molar-refractivity contribution in [3.8, 4) is 11.5 Å². The Morgan fingerprint density at radius 3 is 2.54 bits per heavy atom. The molecule has 1 fully saturated rings. The highest BCUT2D eigenvalue weighted by Crippen LogP contribution is 2.32. The summed E-state index contributed by atoms with van der Waals surface area (Å²) in [4.78, 5) is 6.70. The molecule has 0 aliphatic carbocycles. The zero-order valence-electron chi connectivity index (χ0n) is 16.3. The lowest BCUT2D eigenvalue weighted by Gasteiger charge is -2.29. The standard InChI is InChI=1S/C19H25N3O5S/c1-14-11-16(25-2)17(26-3)12-18(14)28(23,24)21-13-15-5-4-6-20-19(15)22-7-9-27-10-8-22/h4-6,11-12,21H,7-10,13H2,1-3H3. The first kappa shape index (κ1) is 20.4. The predicted octanol–water partition coefficient (Wildman–Crippen LogP) is 1.72. The summed E-state index contributed by atoms with van der Waals surface area (Å²) in [5.41, 5.74) is 1.39. The van der Waals surface area contributed by atoms with Crippen LogP contribution in [0, 0.1) is 6.92 Å². The largest absolute Gasteiger partial charge is 0.493 e. The molecule has 0 amide bonds. The summed E-state index contributed by atoms with van der Waals surface area (Å²) >= 11 is 0. The van der Waals surface area contributed by atoms with Crippen LogP contribution in [0.5, 0.6) is 11.5 Å². The maximum Gasteiger partial charge on any atom is 0.241 e. The van der Waals surface area contributed by atoms with E-state index in [1.807, 2.05) is 6.07 Å². The highest BCUT2D eigenvalue weighted by atomic mass is 32.2. The number of nitrogens with zero attached hydrogens (tertiary/aromatic N) is 2. The highest BCUT2D eigenvalue weighted by Gasteiger charge is 2.22. The quantitative estimate of drug-likeness (QED) is 0.747. The van der Waals surface area contributed by atoms with Gasteiger partial charge in [-0.1, -0.05) is 6.07 Å². The minimum absolute atomic E-state index is 0.136. The van der Waals surface area contributed by atoms with Gasteiger partial charge in [0, 0.05) is 37.5 Å².